The van der Waals surface area contributed by atoms with Crippen molar-refractivity contribution >= 4 is 41.7 Å². The van der Waals surface area contributed by atoms with Gasteiger partial charge in [0.15, 0.2) is 11.1 Å². The highest BCUT2D eigenvalue weighted by atomic mass is 127. The number of nitrogens with one attached hydrogen (secondary N) is 2. The highest BCUT2D eigenvalue weighted by Gasteiger charge is 2.23. The summed E-state index contributed by atoms with van der Waals surface area (Å²) < 4.78 is 8.07. The Hall–Kier alpha value is -1.49. The molecular weight excluding hydrogens is 511 g/mol. The van der Waals surface area contributed by atoms with Gasteiger partial charge in [-0.15, -0.1) is 34.2 Å². The van der Waals surface area contributed by atoms with Gasteiger partial charge < -0.3 is 19.9 Å². The number of hydrogen-bond donors (Lipinski definition) is 2. The number of nitrogens with zero attached hydrogens (tertiary/aromatic N) is 4. The van der Waals surface area contributed by atoms with Crippen molar-refractivity contribution in [2.45, 2.75) is 49.7 Å². The van der Waals surface area contributed by atoms with Gasteiger partial charge in [0.1, 0.15) is 18.2 Å². The molecule has 166 valence electrons. The average molecular weight is 545 g/mol. The molecular formula is C21H33IN6OS. The van der Waals surface area contributed by atoms with Crippen LogP contribution in [0, 0.1) is 0 Å². The maximum atomic E-state index is 5.69. The number of guanidine groups is 1. The van der Waals surface area contributed by atoms with Gasteiger partial charge in [0.25, 0.3) is 0 Å². The molecule has 1 aliphatic carbocycles. The summed E-state index contributed by atoms with van der Waals surface area (Å²) in [6.45, 7) is 2.12. The number of aryl methyl sites for hydroxylation is 1. The molecule has 1 aromatic carbocycles. The summed E-state index contributed by atoms with van der Waals surface area (Å²) in [7, 11) is 1.79. The van der Waals surface area contributed by atoms with E-state index in [2.05, 4.69) is 36.6 Å². The smallest absolute Gasteiger partial charge is 0.191 e. The largest absolute Gasteiger partial charge is 0.492 e. The zero-order valence-corrected chi connectivity index (χ0v) is 21.0. The minimum Gasteiger partial charge on any atom is -0.492 e. The lowest BCUT2D eigenvalue weighted by Crippen LogP contribution is -2.39. The second-order valence-corrected chi connectivity index (χ2v) is 7.88. The lowest BCUT2D eigenvalue weighted by molar-refractivity contribution is 0.322. The van der Waals surface area contributed by atoms with E-state index in [1.807, 2.05) is 30.3 Å². The molecule has 1 aliphatic rings. The predicted octanol–water partition coefficient (Wildman–Crippen LogP) is 3.91. The molecule has 0 bridgehead atoms. The Labute approximate surface area is 200 Å². The van der Waals surface area contributed by atoms with Crippen LogP contribution in [-0.4, -0.2) is 53.7 Å². The molecule has 3 rings (SSSR count). The monoisotopic (exact) mass is 544 g/mol. The summed E-state index contributed by atoms with van der Waals surface area (Å²) in [5.41, 5.74) is 0. The van der Waals surface area contributed by atoms with Crippen molar-refractivity contribution < 1.29 is 4.74 Å². The lowest BCUT2D eigenvalue weighted by Gasteiger charge is -2.16. The highest BCUT2D eigenvalue weighted by molar-refractivity contribution is 14.0. The normalized spacial score (nSPS) is 14.4. The summed E-state index contributed by atoms with van der Waals surface area (Å²) in [5, 5.41) is 16.6. The van der Waals surface area contributed by atoms with E-state index in [0.29, 0.717) is 19.2 Å². The van der Waals surface area contributed by atoms with Crippen LogP contribution in [0.4, 0.5) is 0 Å². The average Bonchev–Trinajstić information content (AvgIpc) is 3.42. The molecule has 0 spiro atoms. The topological polar surface area (TPSA) is 76.4 Å². The minimum atomic E-state index is 0. The first-order valence-electron chi connectivity index (χ1n) is 10.4. The van der Waals surface area contributed by atoms with Crippen LogP contribution >= 0.6 is 35.7 Å². The van der Waals surface area contributed by atoms with Crippen molar-refractivity contribution in [1.29, 1.82) is 0 Å². The fraction of sp³-hybridized carbons (Fsp3) is 0.571. The first-order chi connectivity index (χ1) is 14.3. The van der Waals surface area contributed by atoms with Crippen LogP contribution in [0.25, 0.3) is 0 Å². The number of halogens is 1. The molecule has 0 unspecified atom stereocenters. The predicted molar refractivity (Wildman–Crippen MR) is 134 cm³/mol. The number of aromatic nitrogens is 3. The number of thioether (sulfide) groups is 1. The first kappa shape index (κ1) is 24.8. The molecule has 9 heteroatoms. The van der Waals surface area contributed by atoms with Gasteiger partial charge in [-0.25, -0.2) is 0 Å². The summed E-state index contributed by atoms with van der Waals surface area (Å²) in [6, 6.07) is 10.4. The third kappa shape index (κ3) is 7.33. The summed E-state index contributed by atoms with van der Waals surface area (Å²) in [4.78, 5) is 4.28. The molecule has 1 heterocycles. The van der Waals surface area contributed by atoms with Crippen LogP contribution in [0.5, 0.6) is 5.75 Å². The SMILES string of the molecule is CN=C(NCCCc1nnc(SC)n1C1CCCC1)NCCOc1ccccc1.I. The standard InChI is InChI=1S/C21H32N6OS.HI/c1-22-20(24-15-16-28-18-11-4-3-5-12-18)23-14-8-13-19-25-26-21(29-2)27(19)17-9-6-7-10-17;/h3-5,11-12,17H,6-10,13-16H2,1-2H3,(H2,22,23,24);1H. The van der Waals surface area contributed by atoms with E-state index in [1.165, 1.54) is 25.7 Å². The zero-order chi connectivity index (χ0) is 20.3. The Morgan fingerprint density at radius 2 is 1.90 bits per heavy atom. The van der Waals surface area contributed by atoms with Crippen molar-refractivity contribution in [2.24, 2.45) is 4.99 Å². The summed E-state index contributed by atoms with van der Waals surface area (Å²) in [6.07, 6.45) is 9.11. The molecule has 2 aromatic rings. The molecule has 0 aliphatic heterocycles. The Morgan fingerprint density at radius 3 is 2.60 bits per heavy atom. The van der Waals surface area contributed by atoms with E-state index in [1.54, 1.807) is 18.8 Å². The second kappa shape index (κ2) is 13.7. The molecule has 30 heavy (non-hydrogen) atoms. The lowest BCUT2D eigenvalue weighted by atomic mass is 10.2. The van der Waals surface area contributed by atoms with Crippen molar-refractivity contribution in [3.63, 3.8) is 0 Å². The molecule has 1 fully saturated rings. The van der Waals surface area contributed by atoms with E-state index in [9.17, 15) is 0 Å². The Balaban J connectivity index is 0.00000320. The fourth-order valence-corrected chi connectivity index (χ4v) is 4.25. The van der Waals surface area contributed by atoms with Crippen LogP contribution in [0.3, 0.4) is 0 Å². The zero-order valence-electron chi connectivity index (χ0n) is 17.8. The molecule has 7 nitrogen and oxygen atoms in total. The maximum Gasteiger partial charge on any atom is 0.191 e. The Morgan fingerprint density at radius 1 is 1.17 bits per heavy atom. The van der Waals surface area contributed by atoms with Crippen LogP contribution in [-0.2, 0) is 6.42 Å². The van der Waals surface area contributed by atoms with Gasteiger partial charge in [0.05, 0.1) is 6.54 Å². The fourth-order valence-electron chi connectivity index (χ4n) is 3.68. The van der Waals surface area contributed by atoms with Crippen LogP contribution < -0.4 is 15.4 Å². The summed E-state index contributed by atoms with van der Waals surface area (Å²) >= 11 is 1.69. The molecule has 0 amide bonds. The van der Waals surface area contributed by atoms with E-state index in [4.69, 9.17) is 4.74 Å². The van der Waals surface area contributed by atoms with E-state index in [-0.39, 0.29) is 24.0 Å². The molecule has 0 atom stereocenters. The van der Waals surface area contributed by atoms with Gasteiger partial charge in [-0.1, -0.05) is 42.8 Å². The number of hydrogen-bond acceptors (Lipinski definition) is 5. The van der Waals surface area contributed by atoms with E-state index in [0.717, 1.165) is 42.1 Å². The quantitative estimate of drug-likeness (QED) is 0.155. The number of aliphatic imine (C=N–C) groups is 1. The second-order valence-electron chi connectivity index (χ2n) is 7.10. The Kier molecular flexibility index (Phi) is 11.3. The van der Waals surface area contributed by atoms with Crippen molar-refractivity contribution in [2.75, 3.05) is 33.0 Å². The van der Waals surface area contributed by atoms with Gasteiger partial charge in [0, 0.05) is 26.1 Å². The highest BCUT2D eigenvalue weighted by Crippen LogP contribution is 2.33. The van der Waals surface area contributed by atoms with Gasteiger partial charge >= 0.3 is 0 Å². The molecule has 0 saturated heterocycles. The van der Waals surface area contributed by atoms with Gasteiger partial charge in [0.2, 0.25) is 0 Å². The van der Waals surface area contributed by atoms with Crippen molar-refractivity contribution in [3.05, 3.63) is 36.2 Å². The minimum absolute atomic E-state index is 0. The van der Waals surface area contributed by atoms with E-state index < -0.39 is 0 Å². The summed E-state index contributed by atoms with van der Waals surface area (Å²) in [5.74, 6) is 2.79. The van der Waals surface area contributed by atoms with Gasteiger partial charge in [-0.2, -0.15) is 0 Å². The van der Waals surface area contributed by atoms with Gasteiger partial charge in [-0.05, 0) is 37.7 Å². The number of benzene rings is 1. The first-order valence-corrected chi connectivity index (χ1v) is 11.6. The molecule has 1 saturated carbocycles. The van der Waals surface area contributed by atoms with Crippen molar-refractivity contribution in [1.82, 2.24) is 25.4 Å². The van der Waals surface area contributed by atoms with E-state index >= 15 is 0 Å². The van der Waals surface area contributed by atoms with Crippen LogP contribution in [0.2, 0.25) is 0 Å². The van der Waals surface area contributed by atoms with Crippen LogP contribution in [0.1, 0.15) is 44.0 Å². The Bertz CT molecular complexity index is 764. The number of rotatable bonds is 10. The number of ether oxygens (including phenoxy) is 1. The van der Waals surface area contributed by atoms with Gasteiger partial charge in [-0.3, -0.25) is 4.99 Å². The van der Waals surface area contributed by atoms with Crippen LogP contribution in [0.15, 0.2) is 40.5 Å². The van der Waals surface area contributed by atoms with Crippen molar-refractivity contribution in [3.8, 4) is 5.75 Å². The third-order valence-electron chi connectivity index (χ3n) is 5.11. The molecule has 2 N–H and O–H groups in total. The number of para-hydroxylation sites is 1. The molecule has 0 radical (unpaired) electrons. The maximum absolute atomic E-state index is 5.69. The third-order valence-corrected chi connectivity index (χ3v) is 5.75. The molecule has 1 aromatic heterocycles.